The number of methoxy groups -OCH3 is 1. The van der Waals surface area contributed by atoms with Crippen LogP contribution in [0, 0.1) is 5.92 Å². The van der Waals surface area contributed by atoms with Crippen molar-refractivity contribution in [1.82, 2.24) is 0 Å². The van der Waals surface area contributed by atoms with Gasteiger partial charge in [-0.15, -0.1) is 0 Å². The van der Waals surface area contributed by atoms with Gasteiger partial charge in [-0.25, -0.2) is 0 Å². The smallest absolute Gasteiger partial charge is 0.410 e. The third-order valence-corrected chi connectivity index (χ3v) is 1.73. The highest BCUT2D eigenvalue weighted by atomic mass is 32.2. The van der Waals surface area contributed by atoms with Crippen molar-refractivity contribution in [2.75, 3.05) is 14.2 Å². The zero-order valence-electron chi connectivity index (χ0n) is 7.25. The van der Waals surface area contributed by atoms with Gasteiger partial charge >= 0.3 is 12.1 Å². The van der Waals surface area contributed by atoms with Gasteiger partial charge in [0.05, 0.1) is 26.3 Å². The molecule has 0 N–H and O–H groups in total. The summed E-state index contributed by atoms with van der Waals surface area (Å²) in [5.41, 5.74) is 0. The van der Waals surface area contributed by atoms with E-state index < -0.39 is 23.2 Å². The number of ether oxygens (including phenoxy) is 1. The van der Waals surface area contributed by atoms with Gasteiger partial charge in [0.25, 0.3) is 0 Å². The molecular weight excluding hydrogens is 225 g/mol. The van der Waals surface area contributed by atoms with Crippen molar-refractivity contribution < 1.29 is 31.7 Å². The summed E-state index contributed by atoms with van der Waals surface area (Å²) in [7, 11) is 1.79. The van der Waals surface area contributed by atoms with E-state index in [2.05, 4.69) is 8.92 Å². The van der Waals surface area contributed by atoms with Gasteiger partial charge in [0.1, 0.15) is 0 Å². The van der Waals surface area contributed by atoms with Crippen molar-refractivity contribution in [2.45, 2.75) is 6.18 Å². The second-order valence-electron chi connectivity index (χ2n) is 2.07. The Morgan fingerprint density at radius 1 is 1.29 bits per heavy atom. The average molecular weight is 232 g/mol. The summed E-state index contributed by atoms with van der Waals surface area (Å²) < 4.78 is 44.4. The van der Waals surface area contributed by atoms with Gasteiger partial charge in [-0.1, -0.05) is 0 Å². The van der Waals surface area contributed by atoms with Gasteiger partial charge in [0.15, 0.2) is 0 Å². The standard InChI is InChI=1S/C6H7F3O4S/c1-12-4(10)3(6(7,8)9)5(11)14-13-2/h3H,1-2H3. The first-order chi connectivity index (χ1) is 6.34. The molecule has 0 bridgehead atoms. The Hall–Kier alpha value is -0.760. The van der Waals surface area contributed by atoms with Crippen LogP contribution in [0.5, 0.6) is 0 Å². The molecule has 4 nitrogen and oxygen atoms in total. The summed E-state index contributed by atoms with van der Waals surface area (Å²) in [6, 6.07) is 0. The summed E-state index contributed by atoms with van der Waals surface area (Å²) in [6.07, 6.45) is -4.96. The van der Waals surface area contributed by atoms with Gasteiger partial charge in [0, 0.05) is 0 Å². The van der Waals surface area contributed by atoms with E-state index in [0.717, 1.165) is 14.2 Å². The summed E-state index contributed by atoms with van der Waals surface area (Å²) >= 11 is -0.0498. The van der Waals surface area contributed by atoms with Crippen LogP contribution in [0.2, 0.25) is 0 Å². The van der Waals surface area contributed by atoms with Crippen molar-refractivity contribution in [3.63, 3.8) is 0 Å². The number of halogens is 3. The molecule has 0 fully saturated rings. The Labute approximate surface area is 81.9 Å². The van der Waals surface area contributed by atoms with Crippen molar-refractivity contribution in [1.29, 1.82) is 0 Å². The van der Waals surface area contributed by atoms with Crippen LogP contribution in [0.25, 0.3) is 0 Å². The molecule has 0 amide bonds. The van der Waals surface area contributed by atoms with Crippen molar-refractivity contribution in [3.05, 3.63) is 0 Å². The third kappa shape index (κ3) is 3.54. The Morgan fingerprint density at radius 2 is 1.79 bits per heavy atom. The van der Waals surface area contributed by atoms with E-state index in [0.29, 0.717) is 0 Å². The molecule has 0 saturated carbocycles. The molecule has 0 radical (unpaired) electrons. The van der Waals surface area contributed by atoms with Gasteiger partial charge in [0.2, 0.25) is 11.0 Å². The summed E-state index contributed by atoms with van der Waals surface area (Å²) in [5.74, 6) is -4.44. The van der Waals surface area contributed by atoms with E-state index in [1.807, 2.05) is 0 Å². The number of carbonyl (C=O) groups is 2. The van der Waals surface area contributed by atoms with E-state index in [-0.39, 0.29) is 12.0 Å². The van der Waals surface area contributed by atoms with Crippen LogP contribution in [-0.2, 0) is 18.5 Å². The van der Waals surface area contributed by atoms with Crippen LogP contribution in [-0.4, -0.2) is 31.5 Å². The van der Waals surface area contributed by atoms with Crippen LogP contribution >= 0.6 is 12.0 Å². The first-order valence-electron chi connectivity index (χ1n) is 3.23. The molecule has 0 spiro atoms. The summed E-state index contributed by atoms with van der Waals surface area (Å²) in [4.78, 5) is 21.5. The van der Waals surface area contributed by atoms with Crippen LogP contribution in [0.4, 0.5) is 13.2 Å². The lowest BCUT2D eigenvalue weighted by molar-refractivity contribution is -0.193. The lowest BCUT2D eigenvalue weighted by Gasteiger charge is -2.15. The average Bonchev–Trinajstić information content (AvgIpc) is 2.02. The maximum Gasteiger partial charge on any atom is 0.410 e. The second-order valence-corrected chi connectivity index (χ2v) is 2.97. The summed E-state index contributed by atoms with van der Waals surface area (Å²) in [6.45, 7) is 0. The first-order valence-corrected chi connectivity index (χ1v) is 3.97. The maximum atomic E-state index is 12.1. The van der Waals surface area contributed by atoms with Crippen LogP contribution < -0.4 is 0 Å². The first kappa shape index (κ1) is 13.2. The van der Waals surface area contributed by atoms with Gasteiger partial charge in [-0.2, -0.15) is 13.2 Å². The molecule has 1 unspecified atom stereocenters. The minimum atomic E-state index is -4.96. The van der Waals surface area contributed by atoms with Crippen LogP contribution in [0.1, 0.15) is 0 Å². The number of esters is 1. The summed E-state index contributed by atoms with van der Waals surface area (Å²) in [5, 5.41) is -1.45. The van der Waals surface area contributed by atoms with Crippen LogP contribution in [0.15, 0.2) is 0 Å². The van der Waals surface area contributed by atoms with Gasteiger partial charge in [-0.05, 0) is 0 Å². The molecule has 82 valence electrons. The predicted octanol–water partition coefficient (Wildman–Crippen LogP) is 1.16. The van der Waals surface area contributed by atoms with Crippen molar-refractivity contribution in [3.8, 4) is 0 Å². The lowest BCUT2D eigenvalue weighted by atomic mass is 10.1. The molecule has 0 aliphatic carbocycles. The molecule has 0 aromatic carbocycles. The van der Waals surface area contributed by atoms with E-state index in [1.165, 1.54) is 0 Å². The molecule has 0 saturated heterocycles. The van der Waals surface area contributed by atoms with Crippen molar-refractivity contribution in [2.24, 2.45) is 5.92 Å². The zero-order chi connectivity index (χ0) is 11.4. The Kier molecular flexibility index (Phi) is 4.92. The Balaban J connectivity index is 4.73. The molecule has 0 aliphatic rings. The number of hydrogen-bond donors (Lipinski definition) is 0. The highest BCUT2D eigenvalue weighted by Crippen LogP contribution is 2.31. The molecule has 14 heavy (non-hydrogen) atoms. The van der Waals surface area contributed by atoms with E-state index in [1.54, 1.807) is 0 Å². The van der Waals surface area contributed by atoms with Gasteiger partial charge in [-0.3, -0.25) is 9.59 Å². The number of carbonyl (C=O) groups excluding carboxylic acids is 2. The fourth-order valence-corrected chi connectivity index (χ4v) is 1.10. The van der Waals surface area contributed by atoms with E-state index in [4.69, 9.17) is 0 Å². The Morgan fingerprint density at radius 3 is 2.07 bits per heavy atom. The molecule has 0 rings (SSSR count). The fraction of sp³-hybridized carbons (Fsp3) is 0.667. The topological polar surface area (TPSA) is 52.6 Å². The van der Waals surface area contributed by atoms with Crippen molar-refractivity contribution >= 4 is 23.1 Å². The quantitative estimate of drug-likeness (QED) is 0.415. The fourth-order valence-electron chi connectivity index (χ4n) is 0.612. The normalized spacial score (nSPS) is 13.5. The van der Waals surface area contributed by atoms with E-state index in [9.17, 15) is 22.8 Å². The monoisotopic (exact) mass is 232 g/mol. The minimum Gasteiger partial charge on any atom is -0.468 e. The molecule has 1 atom stereocenters. The highest BCUT2D eigenvalue weighted by molar-refractivity contribution is 8.09. The lowest BCUT2D eigenvalue weighted by Crippen LogP contribution is -2.37. The zero-order valence-corrected chi connectivity index (χ0v) is 8.07. The molecule has 8 heteroatoms. The van der Waals surface area contributed by atoms with E-state index >= 15 is 0 Å². The number of hydrogen-bond acceptors (Lipinski definition) is 5. The maximum absolute atomic E-state index is 12.1. The Bertz CT molecular complexity index is 228. The van der Waals surface area contributed by atoms with Gasteiger partial charge < -0.3 is 8.92 Å². The largest absolute Gasteiger partial charge is 0.468 e. The third-order valence-electron chi connectivity index (χ3n) is 1.17. The van der Waals surface area contributed by atoms with Crippen LogP contribution in [0.3, 0.4) is 0 Å². The molecule has 0 aromatic heterocycles. The highest BCUT2D eigenvalue weighted by Gasteiger charge is 2.51. The predicted molar refractivity (Wildman–Crippen MR) is 41.2 cm³/mol. The number of alkyl halides is 3. The molecule has 0 aliphatic heterocycles. The molecule has 0 aromatic rings. The number of rotatable bonds is 3. The molecular formula is C6H7F3O4S. The molecule has 0 heterocycles. The minimum absolute atomic E-state index is 0.0498. The second kappa shape index (κ2) is 5.20. The SMILES string of the molecule is COSC(=O)C(C(=O)OC)C(F)(F)F.